The van der Waals surface area contributed by atoms with Crippen molar-refractivity contribution in [2.75, 3.05) is 26.0 Å². The van der Waals surface area contributed by atoms with E-state index in [2.05, 4.69) is 24.1 Å². The lowest BCUT2D eigenvalue weighted by Crippen LogP contribution is -2.36. The summed E-state index contributed by atoms with van der Waals surface area (Å²) in [7, 11) is 4.05. The van der Waals surface area contributed by atoms with Crippen LogP contribution in [0.2, 0.25) is 0 Å². The number of nitrogens with one attached hydrogen (secondary N) is 1. The molecule has 0 saturated heterocycles. The monoisotopic (exact) mass is 265 g/mol. The maximum atomic E-state index is 10.9. The maximum absolute atomic E-state index is 10.9. The molecule has 0 aliphatic rings. The average molecular weight is 265 g/mol. The van der Waals surface area contributed by atoms with E-state index in [-0.39, 0.29) is 16.7 Å². The van der Waals surface area contributed by atoms with Crippen molar-refractivity contribution in [2.24, 2.45) is 5.92 Å². The van der Waals surface area contributed by atoms with Crippen LogP contribution < -0.4 is 5.32 Å². The summed E-state index contributed by atoms with van der Waals surface area (Å²) in [5, 5.41) is 14.3. The summed E-state index contributed by atoms with van der Waals surface area (Å²) < 4.78 is 0. The first-order chi connectivity index (χ1) is 8.79. The fraction of sp³-hybridized carbons (Fsp3) is 0.571. The Labute approximate surface area is 114 Å². The number of nitrogens with zero attached hydrogens (tertiary/aromatic N) is 2. The first kappa shape index (κ1) is 15.4. The maximum Gasteiger partial charge on any atom is 0.271 e. The van der Waals surface area contributed by atoms with E-state index in [1.807, 2.05) is 27.1 Å². The minimum Gasteiger partial charge on any atom is -0.381 e. The quantitative estimate of drug-likeness (QED) is 0.634. The predicted octanol–water partition coefficient (Wildman–Crippen LogP) is 2.90. The summed E-state index contributed by atoms with van der Waals surface area (Å²) in [4.78, 5) is 12.6. The Morgan fingerprint density at radius 3 is 2.42 bits per heavy atom. The van der Waals surface area contributed by atoms with Gasteiger partial charge in [-0.3, -0.25) is 10.1 Å². The van der Waals surface area contributed by atoms with Crippen LogP contribution in [0.4, 0.5) is 11.4 Å². The van der Waals surface area contributed by atoms with Crippen LogP contribution in [0.1, 0.15) is 19.4 Å². The Balaban J connectivity index is 2.92. The number of aryl methyl sites for hydroxylation is 1. The van der Waals surface area contributed by atoms with Crippen LogP contribution in [0.5, 0.6) is 0 Å². The summed E-state index contributed by atoms with van der Waals surface area (Å²) in [6.45, 7) is 7.05. The van der Waals surface area contributed by atoms with Gasteiger partial charge in [-0.05, 0) is 38.6 Å². The predicted molar refractivity (Wildman–Crippen MR) is 78.6 cm³/mol. The van der Waals surface area contributed by atoms with E-state index in [4.69, 9.17) is 0 Å². The molecule has 0 amide bonds. The smallest absolute Gasteiger partial charge is 0.271 e. The highest BCUT2D eigenvalue weighted by Gasteiger charge is 2.16. The van der Waals surface area contributed by atoms with Crippen molar-refractivity contribution in [1.29, 1.82) is 0 Å². The Bertz CT molecular complexity index is 444. The van der Waals surface area contributed by atoms with Crippen LogP contribution in [0.15, 0.2) is 18.2 Å². The van der Waals surface area contributed by atoms with Gasteiger partial charge in [0.25, 0.3) is 5.69 Å². The van der Waals surface area contributed by atoms with Crippen molar-refractivity contribution in [1.82, 2.24) is 4.90 Å². The number of anilines is 1. The first-order valence-electron chi connectivity index (χ1n) is 6.47. The second-order valence-electron chi connectivity index (χ2n) is 5.57. The van der Waals surface area contributed by atoms with Gasteiger partial charge in [-0.2, -0.15) is 0 Å². The van der Waals surface area contributed by atoms with Crippen molar-refractivity contribution in [2.45, 2.75) is 26.8 Å². The van der Waals surface area contributed by atoms with Crippen LogP contribution >= 0.6 is 0 Å². The zero-order valence-electron chi connectivity index (χ0n) is 12.3. The molecular weight excluding hydrogens is 242 g/mol. The summed E-state index contributed by atoms with van der Waals surface area (Å²) in [5.41, 5.74) is 1.84. The molecule has 0 saturated carbocycles. The molecule has 0 radical (unpaired) electrons. The zero-order valence-corrected chi connectivity index (χ0v) is 12.3. The SMILES string of the molecule is Cc1cc(NC(CN(C)C)C(C)C)cc([N+](=O)[O-])c1. The van der Waals surface area contributed by atoms with E-state index in [9.17, 15) is 10.1 Å². The van der Waals surface area contributed by atoms with Crippen LogP contribution in [0, 0.1) is 23.0 Å². The molecule has 0 bridgehead atoms. The van der Waals surface area contributed by atoms with Gasteiger partial charge in [0.2, 0.25) is 0 Å². The van der Waals surface area contributed by atoms with E-state index in [0.717, 1.165) is 17.8 Å². The summed E-state index contributed by atoms with van der Waals surface area (Å²) in [5.74, 6) is 0.446. The molecule has 0 heterocycles. The fourth-order valence-corrected chi connectivity index (χ4v) is 1.98. The topological polar surface area (TPSA) is 58.4 Å². The Kier molecular flexibility index (Phi) is 5.30. The number of rotatable bonds is 6. The zero-order chi connectivity index (χ0) is 14.6. The summed E-state index contributed by atoms with van der Waals surface area (Å²) >= 11 is 0. The number of likely N-dealkylation sites (N-methyl/N-ethyl adjacent to an activating group) is 1. The van der Waals surface area contributed by atoms with Gasteiger partial charge in [-0.15, -0.1) is 0 Å². The molecule has 1 N–H and O–H groups in total. The minimum absolute atomic E-state index is 0.134. The Morgan fingerprint density at radius 1 is 1.32 bits per heavy atom. The minimum atomic E-state index is -0.353. The van der Waals surface area contributed by atoms with E-state index >= 15 is 0 Å². The largest absolute Gasteiger partial charge is 0.381 e. The Hall–Kier alpha value is -1.62. The average Bonchev–Trinajstić information content (AvgIpc) is 2.26. The third-order valence-electron chi connectivity index (χ3n) is 2.99. The number of non-ortho nitro benzene ring substituents is 1. The lowest BCUT2D eigenvalue weighted by molar-refractivity contribution is -0.384. The van der Waals surface area contributed by atoms with Gasteiger partial charge in [-0.25, -0.2) is 0 Å². The number of hydrogen-bond acceptors (Lipinski definition) is 4. The van der Waals surface area contributed by atoms with Crippen LogP contribution in [-0.4, -0.2) is 36.5 Å². The molecule has 106 valence electrons. The highest BCUT2D eigenvalue weighted by Crippen LogP contribution is 2.22. The fourth-order valence-electron chi connectivity index (χ4n) is 1.98. The molecule has 1 atom stereocenters. The highest BCUT2D eigenvalue weighted by atomic mass is 16.6. The number of benzene rings is 1. The molecule has 19 heavy (non-hydrogen) atoms. The highest BCUT2D eigenvalue weighted by molar-refractivity contribution is 5.54. The van der Waals surface area contributed by atoms with E-state index in [1.54, 1.807) is 12.1 Å². The third kappa shape index (κ3) is 4.87. The third-order valence-corrected chi connectivity index (χ3v) is 2.99. The molecule has 0 aliphatic carbocycles. The van der Waals surface area contributed by atoms with E-state index < -0.39 is 0 Å². The molecule has 5 nitrogen and oxygen atoms in total. The molecule has 0 aromatic heterocycles. The lowest BCUT2D eigenvalue weighted by Gasteiger charge is -2.26. The molecular formula is C14H23N3O2. The van der Waals surface area contributed by atoms with Crippen molar-refractivity contribution < 1.29 is 4.92 Å². The van der Waals surface area contributed by atoms with Gasteiger partial charge in [0.15, 0.2) is 0 Å². The molecule has 1 unspecified atom stereocenters. The Morgan fingerprint density at radius 2 is 1.95 bits per heavy atom. The van der Waals surface area contributed by atoms with Gasteiger partial charge in [0.05, 0.1) is 4.92 Å². The molecule has 5 heteroatoms. The summed E-state index contributed by atoms with van der Waals surface area (Å²) in [6, 6.07) is 5.38. The molecule has 0 fully saturated rings. The molecule has 1 aromatic carbocycles. The second kappa shape index (κ2) is 6.52. The molecule has 0 aliphatic heterocycles. The summed E-state index contributed by atoms with van der Waals surface area (Å²) in [6.07, 6.45) is 0. The van der Waals surface area contributed by atoms with Gasteiger partial charge in [0, 0.05) is 30.4 Å². The van der Waals surface area contributed by atoms with Crippen molar-refractivity contribution in [3.05, 3.63) is 33.9 Å². The second-order valence-corrected chi connectivity index (χ2v) is 5.57. The lowest BCUT2D eigenvalue weighted by atomic mass is 10.0. The van der Waals surface area contributed by atoms with Crippen LogP contribution in [-0.2, 0) is 0 Å². The standard InChI is InChI=1S/C14H23N3O2/c1-10(2)14(9-16(4)5)15-12-6-11(3)7-13(8-12)17(18)19/h6-8,10,14-15H,9H2,1-5H3. The van der Waals surface area contributed by atoms with Crippen molar-refractivity contribution >= 4 is 11.4 Å². The van der Waals surface area contributed by atoms with E-state index in [0.29, 0.717) is 5.92 Å². The number of nitro groups is 1. The van der Waals surface area contributed by atoms with Crippen LogP contribution in [0.3, 0.4) is 0 Å². The van der Waals surface area contributed by atoms with Crippen LogP contribution in [0.25, 0.3) is 0 Å². The first-order valence-corrected chi connectivity index (χ1v) is 6.47. The molecule has 1 rings (SSSR count). The van der Waals surface area contributed by atoms with Gasteiger partial charge >= 0.3 is 0 Å². The number of hydrogen-bond donors (Lipinski definition) is 1. The van der Waals surface area contributed by atoms with Gasteiger partial charge < -0.3 is 10.2 Å². The van der Waals surface area contributed by atoms with Gasteiger partial charge in [0.1, 0.15) is 0 Å². The molecule has 1 aromatic rings. The molecule has 0 spiro atoms. The number of nitro benzene ring substituents is 1. The van der Waals surface area contributed by atoms with Gasteiger partial charge in [-0.1, -0.05) is 13.8 Å². The van der Waals surface area contributed by atoms with E-state index in [1.165, 1.54) is 0 Å². The van der Waals surface area contributed by atoms with Crippen molar-refractivity contribution in [3.63, 3.8) is 0 Å². The normalized spacial score (nSPS) is 12.8. The van der Waals surface area contributed by atoms with Crippen molar-refractivity contribution in [3.8, 4) is 0 Å².